The van der Waals surface area contributed by atoms with Crippen molar-refractivity contribution in [3.63, 3.8) is 0 Å². The Balaban J connectivity index is 1.79. The van der Waals surface area contributed by atoms with Crippen molar-refractivity contribution in [3.05, 3.63) is 39.0 Å². The standard InChI is InChI=1S/C24H33BrClN5OSi/c1-15-13-28-23(31-22(15)30-20-9-7-8-16(20)12-27)29-18-10-17(21(25)19(26)11-18)14-32-33(5,6)24(2,3)4/h10-11,13,16,20H,7-9,14H2,1-6H3,(H2,28,29,30,31). The second kappa shape index (κ2) is 10.3. The molecular weight excluding hydrogens is 518 g/mol. The maximum Gasteiger partial charge on any atom is 0.229 e. The minimum Gasteiger partial charge on any atom is -0.413 e. The monoisotopic (exact) mass is 549 g/mol. The second-order valence-electron chi connectivity index (χ2n) is 10.2. The Morgan fingerprint density at radius 1 is 1.30 bits per heavy atom. The van der Waals surface area contributed by atoms with Crippen molar-refractivity contribution in [2.24, 2.45) is 5.92 Å². The van der Waals surface area contributed by atoms with Crippen molar-refractivity contribution in [3.8, 4) is 6.07 Å². The number of aryl methyl sites for hydroxylation is 1. The first-order chi connectivity index (χ1) is 15.4. The third-order valence-electron chi connectivity index (χ3n) is 6.73. The lowest BCUT2D eigenvalue weighted by Gasteiger charge is -2.36. The molecule has 178 valence electrons. The molecule has 0 aliphatic heterocycles. The molecule has 9 heteroatoms. The Kier molecular flexibility index (Phi) is 8.10. The largest absolute Gasteiger partial charge is 0.413 e. The predicted octanol–water partition coefficient (Wildman–Crippen LogP) is 7.57. The molecule has 0 spiro atoms. The highest BCUT2D eigenvalue weighted by Crippen LogP contribution is 2.39. The molecule has 0 radical (unpaired) electrons. The summed E-state index contributed by atoms with van der Waals surface area (Å²) in [4.78, 5) is 9.12. The summed E-state index contributed by atoms with van der Waals surface area (Å²) in [6.07, 6.45) is 4.75. The van der Waals surface area contributed by atoms with Gasteiger partial charge in [0.25, 0.3) is 0 Å². The first-order valence-corrected chi connectivity index (χ1v) is 15.4. The summed E-state index contributed by atoms with van der Waals surface area (Å²) in [6, 6.07) is 6.39. The number of nitriles is 1. The summed E-state index contributed by atoms with van der Waals surface area (Å²) in [5.74, 6) is 1.25. The van der Waals surface area contributed by atoms with Gasteiger partial charge in [-0.15, -0.1) is 0 Å². The lowest BCUT2D eigenvalue weighted by Crippen LogP contribution is -2.40. The molecule has 1 heterocycles. The number of halogens is 2. The zero-order valence-electron chi connectivity index (χ0n) is 20.2. The summed E-state index contributed by atoms with van der Waals surface area (Å²) in [7, 11) is -1.90. The predicted molar refractivity (Wildman–Crippen MR) is 142 cm³/mol. The van der Waals surface area contributed by atoms with E-state index in [1.807, 2.05) is 19.1 Å². The zero-order chi connectivity index (χ0) is 24.4. The van der Waals surface area contributed by atoms with Crippen molar-refractivity contribution in [1.82, 2.24) is 9.97 Å². The maximum absolute atomic E-state index is 9.39. The van der Waals surface area contributed by atoms with Gasteiger partial charge in [-0.25, -0.2) is 4.98 Å². The number of anilines is 3. The van der Waals surface area contributed by atoms with Crippen LogP contribution in [-0.4, -0.2) is 24.3 Å². The molecule has 2 unspecified atom stereocenters. The number of benzene rings is 1. The molecule has 0 saturated heterocycles. The minimum absolute atomic E-state index is 0.0181. The summed E-state index contributed by atoms with van der Waals surface area (Å²) in [5, 5.41) is 16.9. The van der Waals surface area contributed by atoms with Gasteiger partial charge in [0.05, 0.1) is 23.6 Å². The van der Waals surface area contributed by atoms with Crippen molar-refractivity contribution < 1.29 is 4.43 Å². The van der Waals surface area contributed by atoms with Gasteiger partial charge in [0.15, 0.2) is 8.32 Å². The SMILES string of the molecule is Cc1cnc(Nc2cc(Cl)c(Br)c(CO[Si](C)(C)C(C)(C)C)c2)nc1NC1CCCC1C#N. The zero-order valence-corrected chi connectivity index (χ0v) is 23.6. The van der Waals surface area contributed by atoms with Gasteiger partial charge in [0, 0.05) is 28.0 Å². The van der Waals surface area contributed by atoms with E-state index in [1.54, 1.807) is 6.20 Å². The summed E-state index contributed by atoms with van der Waals surface area (Å²) < 4.78 is 7.24. The fraction of sp³-hybridized carbons (Fsp3) is 0.542. The normalized spacial score (nSPS) is 18.8. The van der Waals surface area contributed by atoms with Crippen molar-refractivity contribution in [2.75, 3.05) is 10.6 Å². The number of hydrogen-bond acceptors (Lipinski definition) is 6. The van der Waals surface area contributed by atoms with Gasteiger partial charge in [0.1, 0.15) is 5.82 Å². The van der Waals surface area contributed by atoms with Crippen LogP contribution in [0.2, 0.25) is 23.2 Å². The summed E-state index contributed by atoms with van der Waals surface area (Å²) in [6.45, 7) is 13.6. The van der Waals surface area contributed by atoms with Crippen LogP contribution in [0.3, 0.4) is 0 Å². The van der Waals surface area contributed by atoms with Gasteiger partial charge in [-0.2, -0.15) is 10.2 Å². The van der Waals surface area contributed by atoms with Crippen LogP contribution >= 0.6 is 27.5 Å². The van der Waals surface area contributed by atoms with Gasteiger partial charge in [-0.1, -0.05) is 32.4 Å². The highest BCUT2D eigenvalue weighted by molar-refractivity contribution is 9.10. The molecule has 0 amide bonds. The van der Waals surface area contributed by atoms with E-state index in [9.17, 15) is 5.26 Å². The Labute approximate surface area is 211 Å². The van der Waals surface area contributed by atoms with Gasteiger partial charge < -0.3 is 15.1 Å². The van der Waals surface area contributed by atoms with E-state index in [1.165, 1.54) is 0 Å². The molecule has 1 saturated carbocycles. The van der Waals surface area contributed by atoms with Crippen LogP contribution in [0.5, 0.6) is 0 Å². The number of nitrogens with one attached hydrogen (secondary N) is 2. The Hall–Kier alpha value is -1.66. The average molecular weight is 551 g/mol. The van der Waals surface area contributed by atoms with E-state index in [4.69, 9.17) is 16.0 Å². The molecule has 1 fully saturated rings. The van der Waals surface area contributed by atoms with Crippen LogP contribution < -0.4 is 10.6 Å². The number of hydrogen-bond donors (Lipinski definition) is 2. The van der Waals surface area contributed by atoms with Gasteiger partial charge in [-0.3, -0.25) is 0 Å². The molecule has 0 bridgehead atoms. The topological polar surface area (TPSA) is 82.9 Å². The Bertz CT molecular complexity index is 1050. The molecular formula is C24H33BrClN5OSi. The molecule has 2 aromatic rings. The first kappa shape index (κ1) is 26.0. The van der Waals surface area contributed by atoms with Crippen LogP contribution in [0.25, 0.3) is 0 Å². The van der Waals surface area contributed by atoms with Crippen LogP contribution in [0.1, 0.15) is 51.2 Å². The van der Waals surface area contributed by atoms with Crippen molar-refractivity contribution in [1.29, 1.82) is 5.26 Å². The third-order valence-corrected chi connectivity index (χ3v) is 12.7. The molecule has 1 aromatic heterocycles. The molecule has 3 rings (SSSR count). The van der Waals surface area contributed by atoms with Gasteiger partial charge in [-0.05, 0) is 77.9 Å². The number of aromatic nitrogens is 2. The lowest BCUT2D eigenvalue weighted by atomic mass is 10.1. The Morgan fingerprint density at radius 3 is 2.70 bits per heavy atom. The van der Waals surface area contributed by atoms with E-state index < -0.39 is 8.32 Å². The highest BCUT2D eigenvalue weighted by atomic mass is 79.9. The number of rotatable bonds is 7. The minimum atomic E-state index is -1.90. The molecule has 1 aliphatic rings. The van der Waals surface area contributed by atoms with Crippen LogP contribution in [-0.2, 0) is 11.0 Å². The molecule has 1 aromatic carbocycles. The van der Waals surface area contributed by atoms with E-state index in [2.05, 4.69) is 76.5 Å². The molecule has 1 aliphatic carbocycles. The molecule has 2 atom stereocenters. The van der Waals surface area contributed by atoms with E-state index in [-0.39, 0.29) is 17.0 Å². The van der Waals surface area contributed by atoms with E-state index in [0.29, 0.717) is 17.6 Å². The second-order valence-corrected chi connectivity index (χ2v) is 16.3. The van der Waals surface area contributed by atoms with E-state index in [0.717, 1.165) is 46.4 Å². The fourth-order valence-corrected chi connectivity index (χ4v) is 5.07. The average Bonchev–Trinajstić information content (AvgIpc) is 3.18. The maximum atomic E-state index is 9.39. The number of nitrogens with zero attached hydrogens (tertiary/aromatic N) is 3. The van der Waals surface area contributed by atoms with Crippen LogP contribution in [0, 0.1) is 24.2 Å². The van der Waals surface area contributed by atoms with Crippen LogP contribution in [0.15, 0.2) is 22.8 Å². The van der Waals surface area contributed by atoms with Gasteiger partial charge >= 0.3 is 0 Å². The van der Waals surface area contributed by atoms with E-state index >= 15 is 0 Å². The van der Waals surface area contributed by atoms with Crippen molar-refractivity contribution in [2.45, 2.75) is 77.7 Å². The summed E-state index contributed by atoms with van der Waals surface area (Å²) >= 11 is 10.1. The smallest absolute Gasteiger partial charge is 0.229 e. The Morgan fingerprint density at radius 2 is 2.03 bits per heavy atom. The quantitative estimate of drug-likeness (QED) is 0.346. The summed E-state index contributed by atoms with van der Waals surface area (Å²) in [5.41, 5.74) is 2.71. The molecule has 33 heavy (non-hydrogen) atoms. The van der Waals surface area contributed by atoms with Crippen LogP contribution in [0.4, 0.5) is 17.5 Å². The lowest BCUT2D eigenvalue weighted by molar-refractivity contribution is 0.276. The van der Waals surface area contributed by atoms with Gasteiger partial charge in [0.2, 0.25) is 5.95 Å². The third kappa shape index (κ3) is 6.27. The fourth-order valence-electron chi connectivity index (χ4n) is 3.54. The van der Waals surface area contributed by atoms with Crippen molar-refractivity contribution >= 4 is 53.3 Å². The first-order valence-electron chi connectivity index (χ1n) is 11.3. The highest BCUT2D eigenvalue weighted by Gasteiger charge is 2.37. The molecule has 2 N–H and O–H groups in total. The molecule has 6 nitrogen and oxygen atoms in total.